The molecule has 5 atom stereocenters. The van der Waals surface area contributed by atoms with Crippen molar-refractivity contribution < 1.29 is 0 Å². The zero-order chi connectivity index (χ0) is 17.5. The van der Waals surface area contributed by atoms with Crippen molar-refractivity contribution in [3.63, 3.8) is 0 Å². The lowest BCUT2D eigenvalue weighted by Gasteiger charge is -2.62. The van der Waals surface area contributed by atoms with Gasteiger partial charge in [-0.25, -0.2) is 0 Å². The van der Waals surface area contributed by atoms with E-state index in [1.165, 1.54) is 28.9 Å². The second-order valence-electron chi connectivity index (χ2n) is 8.60. The smallest absolute Gasteiger partial charge is 0.0901 e. The monoisotopic (exact) mass is 346 g/mol. The molecule has 2 saturated heterocycles. The fraction of sp³-hybridized carbons (Fsp3) is 0.455. The van der Waals surface area contributed by atoms with Crippen molar-refractivity contribution in [3.05, 3.63) is 59.7 Å². The molecule has 0 radical (unpaired) electrons. The van der Waals surface area contributed by atoms with E-state index in [9.17, 15) is 0 Å². The molecule has 26 heavy (non-hydrogen) atoms. The van der Waals surface area contributed by atoms with Crippen molar-refractivity contribution >= 4 is 11.4 Å². The normalized spacial score (nSPS) is 39.7. The quantitative estimate of drug-likeness (QED) is 0.686. The lowest BCUT2D eigenvalue weighted by atomic mass is 9.47. The molecule has 4 nitrogen and oxygen atoms in total. The van der Waals surface area contributed by atoms with Gasteiger partial charge in [-0.05, 0) is 42.6 Å². The predicted octanol–water partition coefficient (Wildman–Crippen LogP) is 2.94. The van der Waals surface area contributed by atoms with E-state index in [2.05, 4.69) is 83.4 Å². The van der Waals surface area contributed by atoms with Crippen molar-refractivity contribution in [2.75, 3.05) is 30.8 Å². The highest BCUT2D eigenvalue weighted by Gasteiger charge is 2.72. The summed E-state index contributed by atoms with van der Waals surface area (Å²) in [6.07, 6.45) is 1.78. The highest BCUT2D eigenvalue weighted by atomic mass is 15.3. The summed E-state index contributed by atoms with van der Waals surface area (Å²) in [4.78, 5) is 2.53. The fourth-order valence-electron chi connectivity index (χ4n) is 6.86. The predicted molar refractivity (Wildman–Crippen MR) is 105 cm³/mol. The van der Waals surface area contributed by atoms with E-state index >= 15 is 0 Å². The van der Waals surface area contributed by atoms with Crippen molar-refractivity contribution in [3.8, 4) is 0 Å². The summed E-state index contributed by atoms with van der Waals surface area (Å²) in [6, 6.07) is 18.0. The number of likely N-dealkylation sites (tertiary alicyclic amines) is 1. The zero-order valence-electron chi connectivity index (χ0n) is 15.4. The van der Waals surface area contributed by atoms with E-state index < -0.39 is 0 Å². The maximum absolute atomic E-state index is 3.94. The Morgan fingerprint density at radius 2 is 1.65 bits per heavy atom. The van der Waals surface area contributed by atoms with Crippen molar-refractivity contribution in [1.29, 1.82) is 0 Å². The number of rotatable bonds is 0. The van der Waals surface area contributed by atoms with Crippen LogP contribution >= 0.6 is 0 Å². The maximum atomic E-state index is 3.94. The van der Waals surface area contributed by atoms with Crippen molar-refractivity contribution in [2.45, 2.75) is 36.5 Å². The second kappa shape index (κ2) is 4.81. The minimum Gasteiger partial charge on any atom is -0.369 e. The molecular weight excluding hydrogens is 320 g/mol. The number of para-hydroxylation sites is 2. The van der Waals surface area contributed by atoms with E-state index in [0.717, 1.165) is 13.1 Å². The van der Waals surface area contributed by atoms with Crippen LogP contribution in [0.2, 0.25) is 0 Å². The number of nitrogens with one attached hydrogen (secondary N) is 3. The molecule has 2 fully saturated rings. The Labute approximate surface area is 155 Å². The molecule has 0 aliphatic carbocycles. The van der Waals surface area contributed by atoms with Crippen LogP contribution < -0.4 is 16.0 Å². The summed E-state index contributed by atoms with van der Waals surface area (Å²) in [5.74, 6) is 0.561. The average Bonchev–Trinajstić information content (AvgIpc) is 3.18. The van der Waals surface area contributed by atoms with Gasteiger partial charge in [-0.15, -0.1) is 0 Å². The van der Waals surface area contributed by atoms with Crippen LogP contribution in [0.25, 0.3) is 0 Å². The Morgan fingerprint density at radius 1 is 0.962 bits per heavy atom. The Bertz CT molecular complexity index is 895. The van der Waals surface area contributed by atoms with Gasteiger partial charge in [-0.3, -0.25) is 10.2 Å². The standard InChI is InChI=1S/C22H26N4/c1-14-13-23-19-22(14)16-8-4-6-10-18(16)25-20-21(22,11-12-26(20)2)15-7-3-5-9-17(15)24-19/h3-10,14,19-20,23-25H,11-13H2,1-2H3. The summed E-state index contributed by atoms with van der Waals surface area (Å²) >= 11 is 0. The minimum atomic E-state index is 0.0542. The van der Waals surface area contributed by atoms with Gasteiger partial charge in [0.1, 0.15) is 0 Å². The molecule has 0 bridgehead atoms. The van der Waals surface area contributed by atoms with Crippen LogP contribution in [0.3, 0.4) is 0 Å². The number of nitrogens with zero attached hydrogens (tertiary/aromatic N) is 1. The molecule has 4 aliphatic rings. The minimum absolute atomic E-state index is 0.0542. The first-order valence-electron chi connectivity index (χ1n) is 9.85. The molecule has 134 valence electrons. The Hall–Kier alpha value is -2.04. The Morgan fingerprint density at radius 3 is 2.46 bits per heavy atom. The highest BCUT2D eigenvalue weighted by Crippen LogP contribution is 2.66. The summed E-state index contributed by atoms with van der Waals surface area (Å²) in [6.45, 7) is 4.63. The van der Waals surface area contributed by atoms with Gasteiger partial charge in [-0.1, -0.05) is 43.3 Å². The van der Waals surface area contributed by atoms with Crippen LogP contribution in [0.4, 0.5) is 11.4 Å². The number of hydrogen-bond donors (Lipinski definition) is 3. The third-order valence-corrected chi connectivity index (χ3v) is 7.74. The SMILES string of the molecule is CC1CNC2Nc3ccccc3C34CCN(C)C3Nc3ccccc3C124. The van der Waals surface area contributed by atoms with Crippen LogP contribution in [0.15, 0.2) is 48.5 Å². The molecule has 2 spiro atoms. The number of likely N-dealkylation sites (N-methyl/N-ethyl adjacent to an activating group) is 1. The molecule has 2 aromatic carbocycles. The van der Waals surface area contributed by atoms with E-state index in [1.807, 2.05) is 0 Å². The zero-order valence-corrected chi connectivity index (χ0v) is 15.4. The Balaban J connectivity index is 1.76. The molecule has 0 aromatic heterocycles. The van der Waals surface area contributed by atoms with Crippen LogP contribution in [0, 0.1) is 5.92 Å². The number of fused-ring (bicyclic) bond motifs is 2. The third-order valence-electron chi connectivity index (χ3n) is 7.74. The van der Waals surface area contributed by atoms with E-state index in [0.29, 0.717) is 12.1 Å². The average molecular weight is 346 g/mol. The summed E-state index contributed by atoms with van der Waals surface area (Å²) < 4.78 is 0. The molecule has 0 amide bonds. The first kappa shape index (κ1) is 15.1. The van der Waals surface area contributed by atoms with Crippen LogP contribution in [-0.2, 0) is 10.8 Å². The van der Waals surface area contributed by atoms with E-state index in [1.54, 1.807) is 0 Å². The molecule has 5 unspecified atom stereocenters. The second-order valence-corrected chi connectivity index (χ2v) is 8.60. The van der Waals surface area contributed by atoms with Crippen LogP contribution in [0.1, 0.15) is 24.5 Å². The topological polar surface area (TPSA) is 39.3 Å². The summed E-state index contributed by atoms with van der Waals surface area (Å²) in [7, 11) is 2.28. The van der Waals surface area contributed by atoms with Gasteiger partial charge in [0, 0.05) is 35.3 Å². The highest BCUT2D eigenvalue weighted by molar-refractivity contribution is 5.72. The molecular formula is C22H26N4. The number of benzene rings is 2. The largest absolute Gasteiger partial charge is 0.369 e. The van der Waals surface area contributed by atoms with E-state index in [4.69, 9.17) is 0 Å². The van der Waals surface area contributed by atoms with Gasteiger partial charge < -0.3 is 10.6 Å². The molecule has 3 N–H and O–H groups in total. The lowest BCUT2D eigenvalue weighted by Crippen LogP contribution is -2.70. The first-order chi connectivity index (χ1) is 12.7. The fourth-order valence-corrected chi connectivity index (χ4v) is 6.86. The third kappa shape index (κ3) is 1.44. The first-order valence-corrected chi connectivity index (χ1v) is 9.85. The van der Waals surface area contributed by atoms with Gasteiger partial charge in [0.15, 0.2) is 0 Å². The van der Waals surface area contributed by atoms with Crippen molar-refractivity contribution in [2.24, 2.45) is 5.92 Å². The van der Waals surface area contributed by atoms with Crippen LogP contribution in [-0.4, -0.2) is 37.4 Å². The van der Waals surface area contributed by atoms with Gasteiger partial charge in [0.25, 0.3) is 0 Å². The summed E-state index contributed by atoms with van der Waals surface area (Å²) in [5.41, 5.74) is 5.71. The van der Waals surface area contributed by atoms with Gasteiger partial charge in [0.2, 0.25) is 0 Å². The lowest BCUT2D eigenvalue weighted by molar-refractivity contribution is 0.103. The molecule has 6 rings (SSSR count). The molecule has 0 saturated carbocycles. The van der Waals surface area contributed by atoms with Crippen molar-refractivity contribution in [1.82, 2.24) is 10.2 Å². The molecule has 4 heterocycles. The van der Waals surface area contributed by atoms with E-state index in [-0.39, 0.29) is 17.0 Å². The maximum Gasteiger partial charge on any atom is 0.0901 e. The molecule has 4 aliphatic heterocycles. The summed E-state index contributed by atoms with van der Waals surface area (Å²) in [5, 5.41) is 11.7. The number of hydrogen-bond acceptors (Lipinski definition) is 4. The molecule has 4 heteroatoms. The Kier molecular flexibility index (Phi) is 2.79. The van der Waals surface area contributed by atoms with Crippen LogP contribution in [0.5, 0.6) is 0 Å². The molecule has 2 aromatic rings. The number of anilines is 2. The van der Waals surface area contributed by atoms with Gasteiger partial charge in [-0.2, -0.15) is 0 Å². The van der Waals surface area contributed by atoms with Gasteiger partial charge in [0.05, 0.1) is 12.3 Å². The van der Waals surface area contributed by atoms with Gasteiger partial charge >= 0.3 is 0 Å².